The lowest BCUT2D eigenvalue weighted by Crippen LogP contribution is -2.39. The fourth-order valence-corrected chi connectivity index (χ4v) is 0.900. The second kappa shape index (κ2) is 6.79. The van der Waals surface area contributed by atoms with Crippen LogP contribution in [0.5, 0.6) is 0 Å². The van der Waals surface area contributed by atoms with E-state index in [-0.39, 0.29) is 12.5 Å². The summed E-state index contributed by atoms with van der Waals surface area (Å²) in [5.74, 6) is -0.0628. The predicted octanol–water partition coefficient (Wildman–Crippen LogP) is 0.426. The van der Waals surface area contributed by atoms with Crippen LogP contribution < -0.4 is 5.32 Å². The van der Waals surface area contributed by atoms with Crippen LogP contribution in [0.3, 0.4) is 0 Å². The normalized spacial score (nSPS) is 14.9. The minimum absolute atomic E-state index is 0.0628. The van der Waals surface area contributed by atoms with Crippen molar-refractivity contribution in [3.05, 3.63) is 0 Å². The van der Waals surface area contributed by atoms with Gasteiger partial charge in [0.2, 0.25) is 5.91 Å². The van der Waals surface area contributed by atoms with Gasteiger partial charge in [-0.3, -0.25) is 4.79 Å². The average Bonchev–Trinajstić information content (AvgIpc) is 2.16. The van der Waals surface area contributed by atoms with Crippen LogP contribution in [0.4, 0.5) is 0 Å². The third-order valence-electron chi connectivity index (χ3n) is 2.24. The van der Waals surface area contributed by atoms with Crippen molar-refractivity contribution in [3.63, 3.8) is 0 Å². The van der Waals surface area contributed by atoms with E-state index in [4.69, 9.17) is 5.11 Å². The molecule has 0 aliphatic carbocycles. The highest BCUT2D eigenvalue weighted by Crippen LogP contribution is 2.06. The van der Waals surface area contributed by atoms with Crippen LogP contribution in [0.15, 0.2) is 0 Å². The molecule has 0 spiro atoms. The van der Waals surface area contributed by atoms with Gasteiger partial charge in [-0.15, -0.1) is 0 Å². The number of carbonyl (C=O) groups excluding carboxylic acids is 1. The molecule has 1 unspecified atom stereocenters. The van der Waals surface area contributed by atoms with Crippen LogP contribution in [0.1, 0.15) is 39.5 Å². The van der Waals surface area contributed by atoms with E-state index in [1.807, 2.05) is 6.92 Å². The van der Waals surface area contributed by atoms with Crippen LogP contribution in [-0.2, 0) is 4.79 Å². The molecule has 84 valence electrons. The van der Waals surface area contributed by atoms with Crippen LogP contribution in [-0.4, -0.2) is 34.9 Å². The standard InChI is InChI=1S/C10H21NO3/c1-3-10(2,14)8-11-9(13)6-4-5-7-12/h12,14H,3-8H2,1-2H3,(H,11,13). The van der Waals surface area contributed by atoms with E-state index in [1.165, 1.54) is 0 Å². The zero-order chi connectivity index (χ0) is 11.0. The second-order valence-corrected chi connectivity index (χ2v) is 3.81. The quantitative estimate of drug-likeness (QED) is 0.525. The van der Waals surface area contributed by atoms with Gasteiger partial charge in [0.05, 0.1) is 5.60 Å². The first kappa shape index (κ1) is 13.4. The first-order valence-electron chi connectivity index (χ1n) is 5.12. The number of nitrogens with one attached hydrogen (secondary N) is 1. The summed E-state index contributed by atoms with van der Waals surface area (Å²) in [7, 11) is 0. The van der Waals surface area contributed by atoms with E-state index >= 15 is 0 Å². The molecular weight excluding hydrogens is 182 g/mol. The molecule has 0 radical (unpaired) electrons. The van der Waals surface area contributed by atoms with E-state index in [0.29, 0.717) is 32.2 Å². The Morgan fingerprint density at radius 3 is 2.57 bits per heavy atom. The van der Waals surface area contributed by atoms with Crippen molar-refractivity contribution in [3.8, 4) is 0 Å². The summed E-state index contributed by atoms with van der Waals surface area (Å²) in [6.45, 7) is 3.99. The molecule has 0 bridgehead atoms. The SMILES string of the molecule is CCC(C)(O)CNC(=O)CCCCO. The van der Waals surface area contributed by atoms with Crippen LogP contribution in [0.2, 0.25) is 0 Å². The Hall–Kier alpha value is -0.610. The zero-order valence-corrected chi connectivity index (χ0v) is 9.05. The molecule has 0 heterocycles. The summed E-state index contributed by atoms with van der Waals surface area (Å²) >= 11 is 0. The molecule has 0 aromatic rings. The molecule has 0 rings (SSSR count). The van der Waals surface area contributed by atoms with Gasteiger partial charge in [-0.1, -0.05) is 6.92 Å². The second-order valence-electron chi connectivity index (χ2n) is 3.81. The van der Waals surface area contributed by atoms with Crippen molar-refractivity contribution in [2.45, 2.75) is 45.1 Å². The fraction of sp³-hybridized carbons (Fsp3) is 0.900. The minimum atomic E-state index is -0.813. The van der Waals surface area contributed by atoms with Gasteiger partial charge in [-0.2, -0.15) is 0 Å². The third-order valence-corrected chi connectivity index (χ3v) is 2.24. The van der Waals surface area contributed by atoms with Gasteiger partial charge >= 0.3 is 0 Å². The minimum Gasteiger partial charge on any atom is -0.396 e. The summed E-state index contributed by atoms with van der Waals surface area (Å²) in [5.41, 5.74) is -0.813. The van der Waals surface area contributed by atoms with Gasteiger partial charge in [0.15, 0.2) is 0 Å². The average molecular weight is 203 g/mol. The summed E-state index contributed by atoms with van der Waals surface area (Å²) in [5, 5.41) is 20.8. The van der Waals surface area contributed by atoms with Crippen molar-refractivity contribution < 1.29 is 15.0 Å². The summed E-state index contributed by atoms with van der Waals surface area (Å²) in [6.07, 6.45) is 2.37. The molecule has 0 saturated heterocycles. The topological polar surface area (TPSA) is 69.6 Å². The molecule has 14 heavy (non-hydrogen) atoms. The van der Waals surface area contributed by atoms with Gasteiger partial charge < -0.3 is 15.5 Å². The molecule has 0 saturated carbocycles. The van der Waals surface area contributed by atoms with Crippen LogP contribution >= 0.6 is 0 Å². The first-order chi connectivity index (χ1) is 6.52. The van der Waals surface area contributed by atoms with E-state index in [2.05, 4.69) is 5.32 Å². The lowest BCUT2D eigenvalue weighted by atomic mass is 10.0. The molecule has 1 atom stereocenters. The Balaban J connectivity index is 3.53. The lowest BCUT2D eigenvalue weighted by molar-refractivity contribution is -0.122. The fourth-order valence-electron chi connectivity index (χ4n) is 0.900. The van der Waals surface area contributed by atoms with Crippen LogP contribution in [0, 0.1) is 0 Å². The van der Waals surface area contributed by atoms with Crippen molar-refractivity contribution in [2.24, 2.45) is 0 Å². The highest BCUT2D eigenvalue weighted by molar-refractivity contribution is 5.75. The number of aliphatic hydroxyl groups is 2. The molecule has 0 aliphatic rings. The summed E-state index contributed by atoms with van der Waals surface area (Å²) < 4.78 is 0. The molecule has 1 amide bonds. The Morgan fingerprint density at radius 1 is 1.43 bits per heavy atom. The van der Waals surface area contributed by atoms with Gasteiger partial charge in [-0.25, -0.2) is 0 Å². The van der Waals surface area contributed by atoms with Crippen molar-refractivity contribution in [1.29, 1.82) is 0 Å². The van der Waals surface area contributed by atoms with Gasteiger partial charge in [0, 0.05) is 19.6 Å². The van der Waals surface area contributed by atoms with Crippen molar-refractivity contribution >= 4 is 5.91 Å². The van der Waals surface area contributed by atoms with E-state index in [1.54, 1.807) is 6.92 Å². The smallest absolute Gasteiger partial charge is 0.220 e. The van der Waals surface area contributed by atoms with Crippen molar-refractivity contribution in [1.82, 2.24) is 5.32 Å². The lowest BCUT2D eigenvalue weighted by Gasteiger charge is -2.21. The number of hydrogen-bond donors (Lipinski definition) is 3. The number of hydrogen-bond acceptors (Lipinski definition) is 3. The Labute approximate surface area is 85.3 Å². The van der Waals surface area contributed by atoms with Gasteiger partial charge in [0.1, 0.15) is 0 Å². The van der Waals surface area contributed by atoms with E-state index < -0.39 is 5.60 Å². The molecule has 0 aliphatic heterocycles. The molecule has 4 heteroatoms. The number of aliphatic hydroxyl groups excluding tert-OH is 1. The summed E-state index contributed by atoms with van der Waals surface area (Å²) in [4.78, 5) is 11.2. The maximum Gasteiger partial charge on any atom is 0.220 e. The number of rotatable bonds is 7. The molecule has 0 fully saturated rings. The van der Waals surface area contributed by atoms with Crippen LogP contribution in [0.25, 0.3) is 0 Å². The van der Waals surface area contributed by atoms with E-state index in [0.717, 1.165) is 0 Å². The number of unbranched alkanes of at least 4 members (excludes halogenated alkanes) is 1. The highest BCUT2D eigenvalue weighted by Gasteiger charge is 2.17. The third kappa shape index (κ3) is 6.86. The van der Waals surface area contributed by atoms with E-state index in [9.17, 15) is 9.90 Å². The summed E-state index contributed by atoms with van der Waals surface area (Å²) in [6, 6.07) is 0. The Morgan fingerprint density at radius 2 is 2.07 bits per heavy atom. The monoisotopic (exact) mass is 203 g/mol. The van der Waals surface area contributed by atoms with Gasteiger partial charge in [0.25, 0.3) is 0 Å². The molecule has 0 aromatic heterocycles. The zero-order valence-electron chi connectivity index (χ0n) is 9.05. The Bertz CT molecular complexity index is 169. The van der Waals surface area contributed by atoms with Crippen molar-refractivity contribution in [2.75, 3.05) is 13.2 Å². The maximum absolute atomic E-state index is 11.2. The first-order valence-corrected chi connectivity index (χ1v) is 5.12. The molecule has 4 nitrogen and oxygen atoms in total. The Kier molecular flexibility index (Phi) is 6.49. The largest absolute Gasteiger partial charge is 0.396 e. The predicted molar refractivity (Wildman–Crippen MR) is 54.9 cm³/mol. The van der Waals surface area contributed by atoms with Gasteiger partial charge in [-0.05, 0) is 26.2 Å². The highest BCUT2D eigenvalue weighted by atomic mass is 16.3. The molecule has 3 N–H and O–H groups in total. The number of carbonyl (C=O) groups is 1. The molecular formula is C10H21NO3. The molecule has 0 aromatic carbocycles. The maximum atomic E-state index is 11.2. The number of amides is 1.